The molecule has 4 heteroatoms. The van der Waals surface area contributed by atoms with Gasteiger partial charge in [-0.15, -0.1) is 0 Å². The van der Waals surface area contributed by atoms with Gasteiger partial charge in [0.2, 0.25) is 0 Å². The predicted octanol–water partition coefficient (Wildman–Crippen LogP) is 6.61. The van der Waals surface area contributed by atoms with Crippen molar-refractivity contribution in [1.29, 1.82) is 5.26 Å². The Labute approximate surface area is 179 Å². The smallest absolute Gasteiger partial charge is 0.130 e. The van der Waals surface area contributed by atoms with Crippen LogP contribution in [-0.2, 0) is 12.0 Å². The Kier molecular flexibility index (Phi) is 7.61. The Bertz CT molecular complexity index is 837. The summed E-state index contributed by atoms with van der Waals surface area (Å²) in [6.45, 7) is 6.03. The van der Waals surface area contributed by atoms with Crippen molar-refractivity contribution in [1.82, 2.24) is 4.90 Å². The zero-order chi connectivity index (χ0) is 21.6. The SMILES string of the molecule is CCC(CCC(C#N)(c1c(F)cccc1F)C1CCC1)N(CC)Cc1ccccc1. The lowest BCUT2D eigenvalue weighted by Gasteiger charge is -2.42. The molecule has 0 bridgehead atoms. The summed E-state index contributed by atoms with van der Waals surface area (Å²) >= 11 is 0. The molecule has 2 aromatic carbocycles. The monoisotopic (exact) mass is 410 g/mol. The lowest BCUT2D eigenvalue weighted by molar-refractivity contribution is 0.143. The highest BCUT2D eigenvalue weighted by Gasteiger charge is 2.47. The number of halogens is 2. The number of hydrogen-bond donors (Lipinski definition) is 0. The molecule has 30 heavy (non-hydrogen) atoms. The highest BCUT2D eigenvalue weighted by molar-refractivity contribution is 5.37. The van der Waals surface area contributed by atoms with Crippen molar-refractivity contribution >= 4 is 0 Å². The summed E-state index contributed by atoms with van der Waals surface area (Å²) in [6.07, 6.45) is 4.91. The molecule has 0 radical (unpaired) electrons. The van der Waals surface area contributed by atoms with Gasteiger partial charge in [-0.2, -0.15) is 5.26 Å². The first kappa shape index (κ1) is 22.4. The van der Waals surface area contributed by atoms with Gasteiger partial charge in [-0.3, -0.25) is 4.90 Å². The van der Waals surface area contributed by atoms with Crippen molar-refractivity contribution < 1.29 is 8.78 Å². The van der Waals surface area contributed by atoms with Crippen LogP contribution in [-0.4, -0.2) is 17.5 Å². The quantitative estimate of drug-likeness (QED) is 0.441. The number of nitriles is 1. The van der Waals surface area contributed by atoms with Crippen LogP contribution in [0.5, 0.6) is 0 Å². The molecule has 160 valence electrons. The maximum absolute atomic E-state index is 14.8. The van der Waals surface area contributed by atoms with E-state index in [1.807, 2.05) is 18.2 Å². The Hall–Kier alpha value is -2.25. The molecule has 0 spiro atoms. The lowest BCUT2D eigenvalue weighted by atomic mass is 9.60. The van der Waals surface area contributed by atoms with E-state index in [-0.39, 0.29) is 17.5 Å². The number of rotatable bonds is 10. The average molecular weight is 411 g/mol. The topological polar surface area (TPSA) is 27.0 Å². The predicted molar refractivity (Wildman–Crippen MR) is 117 cm³/mol. The molecule has 2 aromatic rings. The molecule has 2 atom stereocenters. The van der Waals surface area contributed by atoms with Gasteiger partial charge in [0.25, 0.3) is 0 Å². The maximum atomic E-state index is 14.8. The second-order valence-electron chi connectivity index (χ2n) is 8.46. The zero-order valence-corrected chi connectivity index (χ0v) is 18.1. The van der Waals surface area contributed by atoms with Gasteiger partial charge in [0.15, 0.2) is 0 Å². The van der Waals surface area contributed by atoms with Crippen molar-refractivity contribution in [2.75, 3.05) is 6.54 Å². The van der Waals surface area contributed by atoms with E-state index in [4.69, 9.17) is 0 Å². The van der Waals surface area contributed by atoms with Crippen LogP contribution < -0.4 is 0 Å². The molecule has 3 rings (SSSR count). The van der Waals surface area contributed by atoms with Crippen molar-refractivity contribution in [3.05, 3.63) is 71.3 Å². The molecule has 0 saturated heterocycles. The second-order valence-corrected chi connectivity index (χ2v) is 8.46. The first-order valence-electron chi connectivity index (χ1n) is 11.2. The normalized spacial score (nSPS) is 17.2. The van der Waals surface area contributed by atoms with Gasteiger partial charge in [0.1, 0.15) is 11.6 Å². The Balaban J connectivity index is 1.84. The summed E-state index contributed by atoms with van der Waals surface area (Å²) in [5, 5.41) is 10.2. The Morgan fingerprint density at radius 1 is 1.07 bits per heavy atom. The van der Waals surface area contributed by atoms with E-state index in [0.717, 1.165) is 45.2 Å². The molecule has 0 heterocycles. The molecule has 0 aromatic heterocycles. The molecular weight excluding hydrogens is 378 g/mol. The van der Waals surface area contributed by atoms with Crippen LogP contribution >= 0.6 is 0 Å². The lowest BCUT2D eigenvalue weighted by Crippen LogP contribution is -2.42. The van der Waals surface area contributed by atoms with Crippen molar-refractivity contribution in [2.45, 2.75) is 70.4 Å². The molecule has 0 amide bonds. The molecule has 1 saturated carbocycles. The number of nitrogens with zero attached hydrogens (tertiary/aromatic N) is 2. The summed E-state index contributed by atoms with van der Waals surface area (Å²) in [6, 6.07) is 17.0. The summed E-state index contributed by atoms with van der Waals surface area (Å²) in [4.78, 5) is 2.41. The van der Waals surface area contributed by atoms with E-state index < -0.39 is 17.0 Å². The third-order valence-corrected chi connectivity index (χ3v) is 6.90. The van der Waals surface area contributed by atoms with Crippen LogP contribution in [0.25, 0.3) is 0 Å². The first-order chi connectivity index (χ1) is 14.6. The maximum Gasteiger partial charge on any atom is 0.130 e. The van der Waals surface area contributed by atoms with Crippen LogP contribution in [0.4, 0.5) is 8.78 Å². The fraction of sp³-hybridized carbons (Fsp3) is 0.500. The molecule has 1 aliphatic carbocycles. The fourth-order valence-corrected chi connectivity index (χ4v) is 4.92. The Morgan fingerprint density at radius 2 is 1.73 bits per heavy atom. The molecule has 2 unspecified atom stereocenters. The van der Waals surface area contributed by atoms with Gasteiger partial charge in [-0.05, 0) is 62.3 Å². The summed E-state index contributed by atoms with van der Waals surface area (Å²) in [7, 11) is 0. The third-order valence-electron chi connectivity index (χ3n) is 6.90. The fourth-order valence-electron chi connectivity index (χ4n) is 4.92. The van der Waals surface area contributed by atoms with E-state index in [9.17, 15) is 14.0 Å². The van der Waals surface area contributed by atoms with Crippen LogP contribution in [0.15, 0.2) is 48.5 Å². The van der Waals surface area contributed by atoms with Gasteiger partial charge in [0.05, 0.1) is 11.5 Å². The van der Waals surface area contributed by atoms with E-state index in [1.165, 1.54) is 23.8 Å². The number of benzene rings is 2. The van der Waals surface area contributed by atoms with Crippen LogP contribution in [0.3, 0.4) is 0 Å². The third kappa shape index (κ3) is 4.57. The number of hydrogen-bond acceptors (Lipinski definition) is 2. The summed E-state index contributed by atoms with van der Waals surface area (Å²) in [5.41, 5.74) is 0.148. The summed E-state index contributed by atoms with van der Waals surface area (Å²) in [5.74, 6) is -1.16. The van der Waals surface area contributed by atoms with Crippen LogP contribution in [0.2, 0.25) is 0 Å². The first-order valence-corrected chi connectivity index (χ1v) is 11.2. The van der Waals surface area contributed by atoms with Gasteiger partial charge >= 0.3 is 0 Å². The summed E-state index contributed by atoms with van der Waals surface area (Å²) < 4.78 is 29.5. The van der Waals surface area contributed by atoms with Crippen LogP contribution in [0, 0.1) is 28.9 Å². The van der Waals surface area contributed by atoms with Crippen LogP contribution in [0.1, 0.15) is 63.5 Å². The average Bonchev–Trinajstić information content (AvgIpc) is 2.72. The zero-order valence-electron chi connectivity index (χ0n) is 18.1. The van der Waals surface area contributed by atoms with Gasteiger partial charge in [-0.1, -0.05) is 56.7 Å². The van der Waals surface area contributed by atoms with E-state index in [2.05, 4.69) is 36.9 Å². The molecule has 2 nitrogen and oxygen atoms in total. The molecule has 0 aliphatic heterocycles. The minimum atomic E-state index is -1.09. The Morgan fingerprint density at radius 3 is 2.23 bits per heavy atom. The highest BCUT2D eigenvalue weighted by atomic mass is 19.1. The van der Waals surface area contributed by atoms with E-state index in [0.29, 0.717) is 6.42 Å². The minimum absolute atomic E-state index is 0.0156. The van der Waals surface area contributed by atoms with Crippen molar-refractivity contribution in [3.8, 4) is 6.07 Å². The van der Waals surface area contributed by atoms with Gasteiger partial charge in [-0.25, -0.2) is 8.78 Å². The highest BCUT2D eigenvalue weighted by Crippen LogP contribution is 2.48. The van der Waals surface area contributed by atoms with Crippen molar-refractivity contribution in [3.63, 3.8) is 0 Å². The van der Waals surface area contributed by atoms with E-state index >= 15 is 0 Å². The minimum Gasteiger partial charge on any atom is -0.296 e. The van der Waals surface area contributed by atoms with E-state index in [1.54, 1.807) is 0 Å². The standard InChI is InChI=1S/C26H32F2N2/c1-3-22(30(4-2)18-20-10-6-5-7-11-20)16-17-26(19-29,21-12-8-13-21)25-23(27)14-9-15-24(25)28/h5-7,9-11,14-15,21-22H,3-4,8,12-13,16-18H2,1-2H3. The van der Waals surface area contributed by atoms with Crippen molar-refractivity contribution in [2.24, 2.45) is 5.92 Å². The molecule has 1 fully saturated rings. The molecule has 0 N–H and O–H groups in total. The van der Waals surface area contributed by atoms with Gasteiger partial charge in [0, 0.05) is 18.2 Å². The molecular formula is C26H32F2N2. The molecule has 1 aliphatic rings. The van der Waals surface area contributed by atoms with Gasteiger partial charge < -0.3 is 0 Å². The second kappa shape index (κ2) is 10.2. The largest absolute Gasteiger partial charge is 0.296 e.